The number of hydrogen-bond acceptors (Lipinski definition) is 3. The fraction of sp³-hybridized carbons (Fsp3) is 0.200. The zero-order valence-corrected chi connectivity index (χ0v) is 16.5. The van der Waals surface area contributed by atoms with Crippen LogP contribution in [0.3, 0.4) is 0 Å². The highest BCUT2D eigenvalue weighted by Crippen LogP contribution is 2.30. The van der Waals surface area contributed by atoms with E-state index in [-0.39, 0.29) is 11.9 Å². The minimum Gasteiger partial charge on any atom is -0.445 e. The van der Waals surface area contributed by atoms with Crippen LogP contribution in [0.1, 0.15) is 45.6 Å². The molecule has 1 heterocycles. The summed E-state index contributed by atoms with van der Waals surface area (Å²) < 4.78 is 5.60. The predicted octanol–water partition coefficient (Wildman–Crippen LogP) is 4.37. The van der Waals surface area contributed by atoms with Crippen molar-refractivity contribution in [3.63, 3.8) is 0 Å². The normalized spacial score (nSPS) is 19.0. The first kappa shape index (κ1) is 18.9. The van der Waals surface area contributed by atoms with Gasteiger partial charge in [-0.25, -0.2) is 4.79 Å². The summed E-state index contributed by atoms with van der Waals surface area (Å²) in [6.07, 6.45) is 0.343. The third-order valence-corrected chi connectivity index (χ3v) is 5.38. The van der Waals surface area contributed by atoms with Crippen molar-refractivity contribution in [2.75, 3.05) is 0 Å². The highest BCUT2D eigenvalue weighted by Gasteiger charge is 2.43. The van der Waals surface area contributed by atoms with Crippen molar-refractivity contribution in [1.29, 1.82) is 0 Å². The molecular weight excluding hydrogens is 362 g/mol. The van der Waals surface area contributed by atoms with Crippen LogP contribution in [0.25, 0.3) is 0 Å². The molecule has 3 aromatic rings. The lowest BCUT2D eigenvalue weighted by Crippen LogP contribution is -2.52. The fourth-order valence-electron chi connectivity index (χ4n) is 3.71. The van der Waals surface area contributed by atoms with Crippen LogP contribution in [-0.2, 0) is 16.0 Å². The maximum atomic E-state index is 13.3. The number of amides is 1. The smallest absolute Gasteiger partial charge is 0.339 e. The van der Waals surface area contributed by atoms with Crippen LogP contribution in [0.5, 0.6) is 0 Å². The van der Waals surface area contributed by atoms with E-state index in [0.717, 1.165) is 22.3 Å². The van der Waals surface area contributed by atoms with Crippen molar-refractivity contribution < 1.29 is 14.3 Å². The lowest BCUT2D eigenvalue weighted by Gasteiger charge is -2.34. The molecule has 0 saturated heterocycles. The summed E-state index contributed by atoms with van der Waals surface area (Å²) in [7, 11) is 0. The van der Waals surface area contributed by atoms with E-state index in [2.05, 4.69) is 5.32 Å². The molecule has 0 radical (unpaired) electrons. The third-order valence-electron chi connectivity index (χ3n) is 5.38. The van der Waals surface area contributed by atoms with E-state index < -0.39 is 11.6 Å². The van der Waals surface area contributed by atoms with Crippen molar-refractivity contribution in [2.45, 2.75) is 31.9 Å². The van der Waals surface area contributed by atoms with Crippen LogP contribution in [0, 0.1) is 6.92 Å². The summed E-state index contributed by atoms with van der Waals surface area (Å²) >= 11 is 0. The first-order valence-corrected chi connectivity index (χ1v) is 9.70. The second-order valence-electron chi connectivity index (χ2n) is 7.68. The van der Waals surface area contributed by atoms with Gasteiger partial charge >= 0.3 is 5.97 Å². The summed E-state index contributed by atoms with van der Waals surface area (Å²) in [5, 5.41) is 3.11. The van der Waals surface area contributed by atoms with E-state index in [4.69, 9.17) is 4.74 Å². The van der Waals surface area contributed by atoms with E-state index in [1.165, 1.54) is 0 Å². The second kappa shape index (κ2) is 7.55. The molecule has 0 saturated carbocycles. The van der Waals surface area contributed by atoms with Gasteiger partial charge in [-0.3, -0.25) is 4.79 Å². The van der Waals surface area contributed by atoms with Gasteiger partial charge in [0, 0.05) is 6.42 Å². The van der Waals surface area contributed by atoms with Crippen LogP contribution in [0.15, 0.2) is 78.9 Å². The monoisotopic (exact) mass is 385 g/mol. The lowest BCUT2D eigenvalue weighted by atomic mass is 9.88. The number of hydrogen-bond donors (Lipinski definition) is 1. The Morgan fingerprint density at radius 1 is 0.931 bits per heavy atom. The summed E-state index contributed by atoms with van der Waals surface area (Å²) in [6.45, 7) is 3.70. The van der Waals surface area contributed by atoms with Crippen LogP contribution >= 0.6 is 0 Å². The summed E-state index contributed by atoms with van der Waals surface area (Å²) in [6, 6.07) is 24.8. The van der Waals surface area contributed by atoms with Crippen molar-refractivity contribution in [3.05, 3.63) is 107 Å². The molecule has 0 spiro atoms. The Balaban J connectivity index is 1.65. The van der Waals surface area contributed by atoms with Crippen molar-refractivity contribution in [3.8, 4) is 0 Å². The molecule has 1 aliphatic rings. The van der Waals surface area contributed by atoms with Gasteiger partial charge in [0.15, 0.2) is 5.60 Å². The number of benzene rings is 3. The fourth-order valence-corrected chi connectivity index (χ4v) is 3.71. The standard InChI is InChI=1S/C25H23NO3/c1-17-12-14-19(15-13-17)22(18-8-4-3-5-9-18)26-24(28)25(2)16-20-10-6-7-11-21(20)23(27)29-25/h3-15,22H,16H2,1-2H3,(H,26,28). The topological polar surface area (TPSA) is 55.4 Å². The molecule has 0 aromatic heterocycles. The molecule has 1 N–H and O–H groups in total. The Hall–Kier alpha value is -3.40. The Kier molecular flexibility index (Phi) is 4.93. The number of rotatable bonds is 4. The van der Waals surface area contributed by atoms with Gasteiger partial charge in [-0.15, -0.1) is 0 Å². The Bertz CT molecular complexity index is 1040. The highest BCUT2D eigenvalue weighted by atomic mass is 16.6. The van der Waals surface area contributed by atoms with Gasteiger partial charge in [0.2, 0.25) is 0 Å². The predicted molar refractivity (Wildman–Crippen MR) is 112 cm³/mol. The Morgan fingerprint density at radius 3 is 2.28 bits per heavy atom. The van der Waals surface area contributed by atoms with Crippen LogP contribution in [0.4, 0.5) is 0 Å². The van der Waals surface area contributed by atoms with E-state index in [1.807, 2.05) is 73.7 Å². The van der Waals surface area contributed by atoms with E-state index in [9.17, 15) is 9.59 Å². The van der Waals surface area contributed by atoms with Crippen LogP contribution < -0.4 is 5.32 Å². The Morgan fingerprint density at radius 2 is 1.55 bits per heavy atom. The van der Waals surface area contributed by atoms with Gasteiger partial charge in [-0.05, 0) is 36.6 Å². The van der Waals surface area contributed by atoms with Gasteiger partial charge in [-0.1, -0.05) is 78.4 Å². The molecule has 29 heavy (non-hydrogen) atoms. The second-order valence-corrected chi connectivity index (χ2v) is 7.68. The van der Waals surface area contributed by atoms with Crippen molar-refractivity contribution in [1.82, 2.24) is 5.32 Å². The number of esters is 1. The Labute approximate surface area is 170 Å². The van der Waals surface area contributed by atoms with Gasteiger partial charge in [0.25, 0.3) is 5.91 Å². The molecule has 4 rings (SSSR count). The third kappa shape index (κ3) is 3.79. The average Bonchev–Trinajstić information content (AvgIpc) is 2.73. The number of nitrogens with one attached hydrogen (secondary N) is 1. The molecule has 2 unspecified atom stereocenters. The lowest BCUT2D eigenvalue weighted by molar-refractivity contribution is -0.140. The average molecular weight is 385 g/mol. The highest BCUT2D eigenvalue weighted by molar-refractivity contribution is 5.97. The quantitative estimate of drug-likeness (QED) is 0.679. The molecule has 4 heteroatoms. The molecule has 1 amide bonds. The molecule has 0 bridgehead atoms. The number of aryl methyl sites for hydroxylation is 1. The van der Waals surface area contributed by atoms with Gasteiger partial charge < -0.3 is 10.1 Å². The van der Waals surface area contributed by atoms with E-state index in [0.29, 0.717) is 12.0 Å². The maximum absolute atomic E-state index is 13.3. The zero-order valence-electron chi connectivity index (χ0n) is 16.5. The van der Waals surface area contributed by atoms with Crippen LogP contribution in [-0.4, -0.2) is 17.5 Å². The largest absolute Gasteiger partial charge is 0.445 e. The van der Waals surface area contributed by atoms with Crippen molar-refractivity contribution >= 4 is 11.9 Å². The SMILES string of the molecule is Cc1ccc(C(NC(=O)C2(C)Cc3ccccc3C(=O)O2)c2ccccc2)cc1. The molecule has 0 aliphatic carbocycles. The minimum absolute atomic E-state index is 0.310. The maximum Gasteiger partial charge on any atom is 0.339 e. The first-order valence-electron chi connectivity index (χ1n) is 9.70. The molecule has 3 aromatic carbocycles. The minimum atomic E-state index is -1.26. The summed E-state index contributed by atoms with van der Waals surface area (Å²) in [5.74, 6) is -0.772. The number of ether oxygens (including phenoxy) is 1. The molecule has 2 atom stereocenters. The zero-order chi connectivity index (χ0) is 20.4. The molecule has 4 nitrogen and oxygen atoms in total. The van der Waals surface area contributed by atoms with Gasteiger partial charge in [0.05, 0.1) is 11.6 Å². The number of carbonyl (C=O) groups excluding carboxylic acids is 2. The molecule has 0 fully saturated rings. The summed E-state index contributed by atoms with van der Waals surface area (Å²) in [4.78, 5) is 25.8. The summed E-state index contributed by atoms with van der Waals surface area (Å²) in [5.41, 5.74) is 3.18. The van der Waals surface area contributed by atoms with Crippen molar-refractivity contribution in [2.24, 2.45) is 0 Å². The van der Waals surface area contributed by atoms with E-state index in [1.54, 1.807) is 19.1 Å². The molecule has 1 aliphatic heterocycles. The molecule has 146 valence electrons. The number of fused-ring (bicyclic) bond motifs is 1. The van der Waals surface area contributed by atoms with Gasteiger partial charge in [-0.2, -0.15) is 0 Å². The number of carbonyl (C=O) groups is 2. The van der Waals surface area contributed by atoms with E-state index >= 15 is 0 Å². The van der Waals surface area contributed by atoms with Crippen LogP contribution in [0.2, 0.25) is 0 Å². The van der Waals surface area contributed by atoms with Gasteiger partial charge in [0.1, 0.15) is 0 Å². The first-order chi connectivity index (χ1) is 14.0. The number of cyclic esters (lactones) is 1. The molecular formula is C25H23NO3.